The Labute approximate surface area is 130 Å². The first-order valence-electron chi connectivity index (χ1n) is 7.17. The predicted octanol–water partition coefficient (Wildman–Crippen LogP) is 3.02. The van der Waals surface area contributed by atoms with Gasteiger partial charge in [-0.05, 0) is 19.3 Å². The molecular formula is C14H17F3N4S. The summed E-state index contributed by atoms with van der Waals surface area (Å²) in [5, 5.41) is 6.40. The number of halogens is 3. The van der Waals surface area contributed by atoms with Gasteiger partial charge in [-0.15, -0.1) is 11.3 Å². The molecule has 0 spiro atoms. The van der Waals surface area contributed by atoms with Gasteiger partial charge in [0, 0.05) is 37.6 Å². The summed E-state index contributed by atoms with van der Waals surface area (Å²) in [6.07, 6.45) is -1.78. The van der Waals surface area contributed by atoms with Crippen molar-refractivity contribution in [2.24, 2.45) is 5.92 Å². The molecule has 0 amide bonds. The molecule has 1 aliphatic heterocycles. The Morgan fingerprint density at radius 2 is 2.23 bits per heavy atom. The lowest BCUT2D eigenvalue weighted by Gasteiger charge is -2.23. The molecule has 1 aliphatic rings. The van der Waals surface area contributed by atoms with Crippen molar-refractivity contribution in [1.82, 2.24) is 19.9 Å². The largest absolute Gasteiger partial charge is 0.434 e. The second-order valence-corrected chi connectivity index (χ2v) is 6.65. The molecule has 0 unspecified atom stereocenters. The number of rotatable bonds is 4. The van der Waals surface area contributed by atoms with Crippen molar-refractivity contribution in [2.75, 3.05) is 6.54 Å². The van der Waals surface area contributed by atoms with Gasteiger partial charge in [0.2, 0.25) is 0 Å². The Balaban J connectivity index is 1.54. The van der Waals surface area contributed by atoms with Gasteiger partial charge in [0.1, 0.15) is 5.82 Å². The van der Waals surface area contributed by atoms with Crippen LogP contribution in [0.5, 0.6) is 0 Å². The maximum atomic E-state index is 12.7. The van der Waals surface area contributed by atoms with Crippen LogP contribution >= 0.6 is 11.3 Å². The fourth-order valence-electron chi connectivity index (χ4n) is 2.71. The summed E-state index contributed by atoms with van der Waals surface area (Å²) < 4.78 is 39.7. The van der Waals surface area contributed by atoms with Gasteiger partial charge in [-0.3, -0.25) is 0 Å². The Morgan fingerprint density at radius 3 is 2.91 bits per heavy atom. The average Bonchev–Trinajstić information content (AvgIpc) is 3.04. The van der Waals surface area contributed by atoms with E-state index < -0.39 is 11.9 Å². The third kappa shape index (κ3) is 3.49. The smallest absolute Gasteiger partial charge is 0.334 e. The number of imidazole rings is 1. The summed E-state index contributed by atoms with van der Waals surface area (Å²) >= 11 is 1.62. The minimum atomic E-state index is -4.36. The molecule has 0 radical (unpaired) electrons. The predicted molar refractivity (Wildman–Crippen MR) is 77.6 cm³/mol. The number of fused-ring (bicyclic) bond motifs is 1. The fourth-order valence-corrected chi connectivity index (χ4v) is 3.32. The molecule has 1 atom stereocenters. The van der Waals surface area contributed by atoms with Crippen LogP contribution in [0.1, 0.15) is 28.6 Å². The monoisotopic (exact) mass is 330 g/mol. The van der Waals surface area contributed by atoms with E-state index >= 15 is 0 Å². The van der Waals surface area contributed by atoms with Gasteiger partial charge >= 0.3 is 6.18 Å². The zero-order valence-corrected chi connectivity index (χ0v) is 13.0. The number of hydrogen-bond acceptors (Lipinski definition) is 4. The summed E-state index contributed by atoms with van der Waals surface area (Å²) in [5.74, 6) is 0.862. The van der Waals surface area contributed by atoms with Gasteiger partial charge in [-0.1, -0.05) is 0 Å². The van der Waals surface area contributed by atoms with Gasteiger partial charge in [0.25, 0.3) is 0 Å². The van der Waals surface area contributed by atoms with Crippen LogP contribution in [0.4, 0.5) is 13.2 Å². The molecule has 3 rings (SSSR count). The van der Waals surface area contributed by atoms with E-state index in [1.54, 1.807) is 15.9 Å². The van der Waals surface area contributed by atoms with Crippen LogP contribution in [0, 0.1) is 12.8 Å². The molecule has 0 saturated heterocycles. The topological polar surface area (TPSA) is 42.7 Å². The maximum absolute atomic E-state index is 12.7. The molecule has 0 saturated carbocycles. The lowest BCUT2D eigenvalue weighted by molar-refractivity contribution is -0.141. The van der Waals surface area contributed by atoms with Crippen LogP contribution in [-0.2, 0) is 25.7 Å². The van der Waals surface area contributed by atoms with Crippen LogP contribution < -0.4 is 5.32 Å². The minimum absolute atomic E-state index is 0.322. The van der Waals surface area contributed by atoms with Crippen molar-refractivity contribution in [3.63, 3.8) is 0 Å². The van der Waals surface area contributed by atoms with E-state index in [1.165, 1.54) is 0 Å². The van der Waals surface area contributed by atoms with Crippen LogP contribution in [0.15, 0.2) is 11.6 Å². The Morgan fingerprint density at radius 1 is 1.41 bits per heavy atom. The number of aryl methyl sites for hydroxylation is 2. The zero-order valence-electron chi connectivity index (χ0n) is 12.2. The lowest BCUT2D eigenvalue weighted by Crippen LogP contribution is -2.29. The molecule has 0 aromatic carbocycles. The maximum Gasteiger partial charge on any atom is 0.434 e. The van der Waals surface area contributed by atoms with Crippen LogP contribution in [-0.4, -0.2) is 21.1 Å². The molecule has 4 nitrogen and oxygen atoms in total. The second kappa shape index (κ2) is 6.00. The second-order valence-electron chi connectivity index (χ2n) is 5.59. The Hall–Kier alpha value is -1.41. The van der Waals surface area contributed by atoms with Crippen molar-refractivity contribution in [3.05, 3.63) is 33.8 Å². The van der Waals surface area contributed by atoms with E-state index in [1.807, 2.05) is 12.3 Å². The van der Waals surface area contributed by atoms with E-state index in [9.17, 15) is 13.2 Å². The van der Waals surface area contributed by atoms with Gasteiger partial charge < -0.3 is 9.88 Å². The SMILES string of the molecule is Cc1nc(CNC[C@@H]2CCc3nc(C(F)(F)F)cn3C2)cs1. The van der Waals surface area contributed by atoms with Gasteiger partial charge in [0.05, 0.1) is 10.7 Å². The number of nitrogens with zero attached hydrogens (tertiary/aromatic N) is 3. The molecule has 0 bridgehead atoms. The molecule has 3 heterocycles. The first-order valence-corrected chi connectivity index (χ1v) is 8.05. The number of aromatic nitrogens is 3. The van der Waals surface area contributed by atoms with Crippen LogP contribution in [0.25, 0.3) is 0 Å². The van der Waals surface area contributed by atoms with E-state index in [4.69, 9.17) is 0 Å². The van der Waals surface area contributed by atoms with E-state index in [0.29, 0.717) is 31.3 Å². The van der Waals surface area contributed by atoms with Gasteiger partial charge in [-0.2, -0.15) is 13.2 Å². The van der Waals surface area contributed by atoms with E-state index in [0.717, 1.165) is 29.9 Å². The highest BCUT2D eigenvalue weighted by molar-refractivity contribution is 7.09. The van der Waals surface area contributed by atoms with Gasteiger partial charge in [0.15, 0.2) is 5.69 Å². The summed E-state index contributed by atoms with van der Waals surface area (Å²) in [5.41, 5.74) is 0.232. The quantitative estimate of drug-likeness (QED) is 0.937. The molecule has 8 heteroatoms. The summed E-state index contributed by atoms with van der Waals surface area (Å²) in [6, 6.07) is 0. The molecule has 0 aliphatic carbocycles. The number of thiazole rings is 1. The molecule has 22 heavy (non-hydrogen) atoms. The normalized spacial score (nSPS) is 18.5. The average molecular weight is 330 g/mol. The standard InChI is InChI=1S/C14H17F3N4S/c1-9-19-11(8-22-9)5-18-4-10-2-3-13-20-12(14(15,16)17)7-21(13)6-10/h7-8,10,18H,2-6H2,1H3/t10-/m0/s1. The molecular weight excluding hydrogens is 313 g/mol. The van der Waals surface area contributed by atoms with Crippen molar-refractivity contribution in [1.29, 1.82) is 0 Å². The molecule has 0 fully saturated rings. The Kier molecular flexibility index (Phi) is 4.22. The number of nitrogens with one attached hydrogen (secondary N) is 1. The van der Waals surface area contributed by atoms with Crippen molar-refractivity contribution >= 4 is 11.3 Å². The molecule has 2 aromatic heterocycles. The first-order chi connectivity index (χ1) is 10.4. The highest BCUT2D eigenvalue weighted by Crippen LogP contribution is 2.30. The third-order valence-corrected chi connectivity index (χ3v) is 4.61. The summed E-state index contributed by atoms with van der Waals surface area (Å²) in [7, 11) is 0. The van der Waals surface area contributed by atoms with E-state index in [-0.39, 0.29) is 0 Å². The summed E-state index contributed by atoms with van der Waals surface area (Å²) in [4.78, 5) is 8.07. The zero-order chi connectivity index (χ0) is 15.7. The summed E-state index contributed by atoms with van der Waals surface area (Å²) in [6.45, 7) is 4.02. The van der Waals surface area contributed by atoms with Crippen molar-refractivity contribution < 1.29 is 13.2 Å². The number of alkyl halides is 3. The Bertz CT molecular complexity index is 647. The van der Waals surface area contributed by atoms with E-state index in [2.05, 4.69) is 15.3 Å². The molecule has 120 valence electrons. The fraction of sp³-hybridized carbons (Fsp3) is 0.571. The van der Waals surface area contributed by atoms with Gasteiger partial charge in [-0.25, -0.2) is 9.97 Å². The minimum Gasteiger partial charge on any atom is -0.334 e. The molecule has 2 aromatic rings. The number of hydrogen-bond donors (Lipinski definition) is 1. The highest BCUT2D eigenvalue weighted by atomic mass is 32.1. The van der Waals surface area contributed by atoms with Crippen LogP contribution in [0.3, 0.4) is 0 Å². The van der Waals surface area contributed by atoms with Crippen LogP contribution in [0.2, 0.25) is 0 Å². The van der Waals surface area contributed by atoms with Crippen molar-refractivity contribution in [3.8, 4) is 0 Å². The lowest BCUT2D eigenvalue weighted by atomic mass is 9.99. The molecule has 1 N–H and O–H groups in total. The highest BCUT2D eigenvalue weighted by Gasteiger charge is 2.35. The third-order valence-electron chi connectivity index (χ3n) is 3.79. The first kappa shape index (κ1) is 15.5. The van der Waals surface area contributed by atoms with Crippen molar-refractivity contribution in [2.45, 2.75) is 39.0 Å².